The number of hydrogen-bond donors (Lipinski definition) is 3. The first-order valence-electron chi connectivity index (χ1n) is 7.32. The lowest BCUT2D eigenvalue weighted by atomic mass is 10.2. The molecule has 0 amide bonds. The molecule has 3 rings (SSSR count). The van der Waals surface area contributed by atoms with Crippen LogP contribution in [-0.4, -0.2) is 18.3 Å². The van der Waals surface area contributed by atoms with E-state index >= 15 is 0 Å². The van der Waals surface area contributed by atoms with Gasteiger partial charge in [-0.15, -0.1) is 0 Å². The summed E-state index contributed by atoms with van der Waals surface area (Å²) in [5, 5.41) is 3.10. The van der Waals surface area contributed by atoms with Crippen LogP contribution in [0.5, 0.6) is 11.5 Å². The predicted octanol–water partition coefficient (Wildman–Crippen LogP) is 3.79. The molecule has 0 radical (unpaired) electrons. The Morgan fingerprint density at radius 2 is 1.72 bits per heavy atom. The van der Waals surface area contributed by atoms with E-state index in [0.717, 1.165) is 12.1 Å². The fourth-order valence-electron chi connectivity index (χ4n) is 2.19. The standard InChI is InChI=1S/C16H14F3N3O2S/c17-16(18,19)10-2-1-3-12(8-10)21-22-15(25)20-11-4-5-13-14(9-11)24-7-6-23-13/h1-5,8-9,21H,6-7H2,(H2,20,22,25). The van der Waals surface area contributed by atoms with Crippen LogP contribution in [0.4, 0.5) is 24.5 Å². The van der Waals surface area contributed by atoms with Crippen molar-refractivity contribution < 1.29 is 22.6 Å². The van der Waals surface area contributed by atoms with E-state index in [-0.39, 0.29) is 10.8 Å². The average Bonchev–Trinajstić information content (AvgIpc) is 2.59. The highest BCUT2D eigenvalue weighted by molar-refractivity contribution is 7.80. The Kier molecular flexibility index (Phi) is 4.84. The van der Waals surface area contributed by atoms with Gasteiger partial charge >= 0.3 is 6.18 Å². The van der Waals surface area contributed by atoms with Gasteiger partial charge in [0, 0.05) is 11.8 Å². The zero-order valence-corrected chi connectivity index (χ0v) is 13.6. The van der Waals surface area contributed by atoms with Crippen molar-refractivity contribution in [2.45, 2.75) is 6.18 Å². The number of nitrogens with one attached hydrogen (secondary N) is 3. The minimum Gasteiger partial charge on any atom is -0.486 e. The van der Waals surface area contributed by atoms with E-state index in [1.807, 2.05) is 0 Å². The zero-order chi connectivity index (χ0) is 17.9. The van der Waals surface area contributed by atoms with E-state index in [4.69, 9.17) is 21.7 Å². The molecule has 1 aliphatic heterocycles. The molecule has 0 spiro atoms. The molecule has 1 heterocycles. The second kappa shape index (κ2) is 7.06. The topological polar surface area (TPSA) is 54.5 Å². The molecule has 0 fully saturated rings. The van der Waals surface area contributed by atoms with Crippen LogP contribution in [0.3, 0.4) is 0 Å². The molecule has 0 aliphatic carbocycles. The molecular formula is C16H14F3N3O2S. The molecule has 2 aromatic carbocycles. The summed E-state index contributed by atoms with van der Waals surface area (Å²) in [5.74, 6) is 1.25. The maximum atomic E-state index is 12.7. The smallest absolute Gasteiger partial charge is 0.416 e. The average molecular weight is 369 g/mol. The van der Waals surface area contributed by atoms with E-state index in [1.54, 1.807) is 18.2 Å². The number of fused-ring (bicyclic) bond motifs is 1. The van der Waals surface area contributed by atoms with Crippen LogP contribution >= 0.6 is 12.2 Å². The quantitative estimate of drug-likeness (QED) is 0.565. The Morgan fingerprint density at radius 3 is 2.48 bits per heavy atom. The molecule has 132 valence electrons. The molecule has 1 aliphatic rings. The molecule has 5 nitrogen and oxygen atoms in total. The maximum absolute atomic E-state index is 12.7. The second-order valence-electron chi connectivity index (χ2n) is 5.14. The number of hydrazine groups is 1. The van der Waals surface area contributed by atoms with Gasteiger partial charge in [0.25, 0.3) is 0 Å². The summed E-state index contributed by atoms with van der Waals surface area (Å²) in [5.41, 5.74) is 5.42. The molecule has 0 aromatic heterocycles. The number of ether oxygens (including phenoxy) is 2. The van der Waals surface area contributed by atoms with Gasteiger partial charge < -0.3 is 14.8 Å². The van der Waals surface area contributed by atoms with Gasteiger partial charge in [0.2, 0.25) is 0 Å². The Morgan fingerprint density at radius 1 is 0.960 bits per heavy atom. The summed E-state index contributed by atoms with van der Waals surface area (Å²) in [6.45, 7) is 0.969. The van der Waals surface area contributed by atoms with E-state index in [9.17, 15) is 13.2 Å². The van der Waals surface area contributed by atoms with Crippen LogP contribution in [-0.2, 0) is 6.18 Å². The monoisotopic (exact) mass is 369 g/mol. The van der Waals surface area contributed by atoms with Crippen molar-refractivity contribution in [1.29, 1.82) is 0 Å². The molecule has 3 N–H and O–H groups in total. The van der Waals surface area contributed by atoms with Gasteiger partial charge in [-0.05, 0) is 42.5 Å². The van der Waals surface area contributed by atoms with Crippen LogP contribution in [0.25, 0.3) is 0 Å². The fraction of sp³-hybridized carbons (Fsp3) is 0.188. The van der Waals surface area contributed by atoms with E-state index in [2.05, 4.69) is 16.2 Å². The van der Waals surface area contributed by atoms with Gasteiger partial charge in [-0.25, -0.2) is 0 Å². The summed E-state index contributed by atoms with van der Waals surface area (Å²) >= 11 is 5.12. The van der Waals surface area contributed by atoms with Crippen molar-refractivity contribution in [3.63, 3.8) is 0 Å². The number of thiocarbonyl (C=S) groups is 1. The fourth-order valence-corrected chi connectivity index (χ4v) is 2.35. The number of benzene rings is 2. The summed E-state index contributed by atoms with van der Waals surface area (Å²) in [6, 6.07) is 10.0. The first-order chi connectivity index (χ1) is 11.9. The Hall–Kier alpha value is -2.68. The number of rotatable bonds is 3. The van der Waals surface area contributed by atoms with Crippen molar-refractivity contribution in [1.82, 2.24) is 5.43 Å². The lowest BCUT2D eigenvalue weighted by Gasteiger charge is -2.19. The minimum absolute atomic E-state index is 0.189. The number of halogens is 3. The molecular weight excluding hydrogens is 355 g/mol. The zero-order valence-electron chi connectivity index (χ0n) is 12.8. The van der Waals surface area contributed by atoms with Crippen LogP contribution < -0.4 is 25.6 Å². The lowest BCUT2D eigenvalue weighted by molar-refractivity contribution is -0.137. The minimum atomic E-state index is -4.40. The summed E-state index contributed by atoms with van der Waals surface area (Å²) < 4.78 is 48.9. The number of alkyl halides is 3. The highest BCUT2D eigenvalue weighted by Crippen LogP contribution is 2.32. The molecule has 25 heavy (non-hydrogen) atoms. The molecule has 0 unspecified atom stereocenters. The van der Waals surface area contributed by atoms with Crippen LogP contribution in [0.1, 0.15) is 5.56 Å². The van der Waals surface area contributed by atoms with Crippen molar-refractivity contribution in [3.8, 4) is 11.5 Å². The third kappa shape index (κ3) is 4.44. The Balaban J connectivity index is 1.58. The SMILES string of the molecule is FC(F)(F)c1cccc(NNC(=S)Nc2ccc3c(c2)OCCO3)c1. The lowest BCUT2D eigenvalue weighted by Crippen LogP contribution is -2.33. The molecule has 0 saturated carbocycles. The maximum Gasteiger partial charge on any atom is 0.416 e. The van der Waals surface area contributed by atoms with Gasteiger partial charge in [0.15, 0.2) is 16.6 Å². The normalized spacial score (nSPS) is 13.1. The van der Waals surface area contributed by atoms with E-state index in [0.29, 0.717) is 30.4 Å². The van der Waals surface area contributed by atoms with Gasteiger partial charge in [-0.3, -0.25) is 10.9 Å². The molecule has 0 bridgehead atoms. The number of hydrogen-bond acceptors (Lipinski definition) is 4. The van der Waals surface area contributed by atoms with Gasteiger partial charge in [0.1, 0.15) is 13.2 Å². The number of anilines is 2. The van der Waals surface area contributed by atoms with Gasteiger partial charge in [-0.2, -0.15) is 13.2 Å². The predicted molar refractivity (Wildman–Crippen MR) is 91.9 cm³/mol. The van der Waals surface area contributed by atoms with Gasteiger partial charge in [-0.1, -0.05) is 6.07 Å². The Bertz CT molecular complexity index is 783. The largest absolute Gasteiger partial charge is 0.486 e. The van der Waals surface area contributed by atoms with Crippen molar-refractivity contribution in [3.05, 3.63) is 48.0 Å². The highest BCUT2D eigenvalue weighted by atomic mass is 32.1. The van der Waals surface area contributed by atoms with Crippen molar-refractivity contribution in [2.24, 2.45) is 0 Å². The van der Waals surface area contributed by atoms with Gasteiger partial charge in [0.05, 0.1) is 11.3 Å². The van der Waals surface area contributed by atoms with Crippen molar-refractivity contribution in [2.75, 3.05) is 24.0 Å². The first-order valence-corrected chi connectivity index (χ1v) is 7.72. The summed E-state index contributed by atoms with van der Waals surface area (Å²) in [6.07, 6.45) is -4.40. The van der Waals surface area contributed by atoms with Crippen molar-refractivity contribution >= 4 is 28.7 Å². The molecule has 2 aromatic rings. The molecule has 0 saturated heterocycles. The highest BCUT2D eigenvalue weighted by Gasteiger charge is 2.30. The summed E-state index contributed by atoms with van der Waals surface area (Å²) in [7, 11) is 0. The summed E-state index contributed by atoms with van der Waals surface area (Å²) in [4.78, 5) is 0. The van der Waals surface area contributed by atoms with Crippen LogP contribution in [0, 0.1) is 0 Å². The molecule has 0 atom stereocenters. The van der Waals surface area contributed by atoms with E-state index < -0.39 is 11.7 Å². The first kappa shape index (κ1) is 17.2. The third-order valence-corrected chi connectivity index (χ3v) is 3.51. The third-order valence-electron chi connectivity index (χ3n) is 3.31. The Labute approximate surface area is 147 Å². The van der Waals surface area contributed by atoms with Crippen LogP contribution in [0.2, 0.25) is 0 Å². The molecule has 9 heteroatoms. The van der Waals surface area contributed by atoms with Crippen LogP contribution in [0.15, 0.2) is 42.5 Å². The van der Waals surface area contributed by atoms with E-state index in [1.165, 1.54) is 12.1 Å². The second-order valence-corrected chi connectivity index (χ2v) is 5.55.